The van der Waals surface area contributed by atoms with Crippen LogP contribution in [-0.2, 0) is 19.1 Å². The third kappa shape index (κ3) is 56.7. The molecule has 0 aliphatic carbocycles. The van der Waals surface area contributed by atoms with Gasteiger partial charge in [-0.25, -0.2) is 0 Å². The molecule has 1 unspecified atom stereocenters. The Labute approximate surface area is 425 Å². The Bertz CT molecular complexity index is 1080. The molecule has 0 aromatic rings. The summed E-state index contributed by atoms with van der Waals surface area (Å²) < 4.78 is 10.7. The van der Waals surface area contributed by atoms with Crippen molar-refractivity contribution in [1.29, 1.82) is 0 Å². The average Bonchev–Trinajstić information content (AvgIpc) is 3.34. The van der Waals surface area contributed by atoms with Crippen LogP contribution in [0.25, 0.3) is 0 Å². The van der Waals surface area contributed by atoms with E-state index >= 15 is 0 Å². The van der Waals surface area contributed by atoms with E-state index in [4.69, 9.17) is 9.47 Å². The fourth-order valence-electron chi connectivity index (χ4n) is 9.40. The first-order chi connectivity index (χ1) is 33.6. The first-order valence-corrected chi connectivity index (χ1v) is 30.5. The Balaban J connectivity index is 3.34. The van der Waals surface area contributed by atoms with Crippen LogP contribution in [-0.4, -0.2) is 36.4 Å². The van der Waals surface area contributed by atoms with Crippen molar-refractivity contribution in [3.05, 3.63) is 36.5 Å². The van der Waals surface area contributed by atoms with Crippen LogP contribution in [0.4, 0.5) is 0 Å². The zero-order valence-corrected chi connectivity index (χ0v) is 45.9. The van der Waals surface area contributed by atoms with E-state index in [1.165, 1.54) is 238 Å². The number of hydrogen-bond donors (Lipinski definition) is 1. The first kappa shape index (κ1) is 66.1. The van der Waals surface area contributed by atoms with E-state index < -0.39 is 6.10 Å². The molecule has 0 bridgehead atoms. The van der Waals surface area contributed by atoms with Gasteiger partial charge in [-0.1, -0.05) is 314 Å². The van der Waals surface area contributed by atoms with Gasteiger partial charge in [0.15, 0.2) is 6.10 Å². The molecule has 0 spiro atoms. The highest BCUT2D eigenvalue weighted by molar-refractivity contribution is 5.70. The van der Waals surface area contributed by atoms with Crippen molar-refractivity contribution < 1.29 is 24.2 Å². The van der Waals surface area contributed by atoms with Crippen molar-refractivity contribution in [1.82, 2.24) is 0 Å². The van der Waals surface area contributed by atoms with Crippen molar-refractivity contribution in [2.45, 2.75) is 341 Å². The molecule has 68 heavy (non-hydrogen) atoms. The molecule has 0 fully saturated rings. The molecule has 0 amide bonds. The fraction of sp³-hybridized carbons (Fsp3) is 0.873. The van der Waals surface area contributed by atoms with Crippen LogP contribution in [0.15, 0.2) is 36.5 Å². The summed E-state index contributed by atoms with van der Waals surface area (Å²) in [6.45, 7) is 4.05. The van der Waals surface area contributed by atoms with E-state index in [1.54, 1.807) is 0 Å². The SMILES string of the molecule is CC/C=C\C/C=C\C/C=C\CCCCCCCC(=O)OC(CO)COC(=O)CCCCCCCCCCCCCCCCCCCCCCCCCCCCCCCCCCCCCCCCC. The molecule has 0 aliphatic rings. The Morgan fingerprint density at radius 3 is 0.956 bits per heavy atom. The zero-order chi connectivity index (χ0) is 49.2. The molecule has 0 aliphatic heterocycles. The summed E-state index contributed by atoms with van der Waals surface area (Å²) in [5.74, 6) is -0.597. The lowest BCUT2D eigenvalue weighted by molar-refractivity contribution is -0.161. The van der Waals surface area contributed by atoms with Crippen molar-refractivity contribution in [2.75, 3.05) is 13.2 Å². The number of hydrogen-bond acceptors (Lipinski definition) is 5. The van der Waals surface area contributed by atoms with Gasteiger partial charge in [0.05, 0.1) is 6.61 Å². The van der Waals surface area contributed by atoms with Gasteiger partial charge in [0, 0.05) is 12.8 Å². The molecule has 1 N–H and O–H groups in total. The Morgan fingerprint density at radius 2 is 0.632 bits per heavy atom. The summed E-state index contributed by atoms with van der Waals surface area (Å²) in [6.07, 6.45) is 77.5. The van der Waals surface area contributed by atoms with E-state index in [9.17, 15) is 14.7 Å². The Kier molecular flexibility index (Phi) is 57.8. The average molecular weight is 956 g/mol. The Hall–Kier alpha value is -1.88. The standard InChI is InChI=1S/C63H118O5/c1-3-5-7-9-11-13-15-17-19-20-21-22-23-24-25-26-27-28-29-30-31-32-33-34-35-36-37-38-39-40-41-42-44-45-47-49-51-53-55-57-62(65)67-60-61(59-64)68-63(66)58-56-54-52-50-48-46-43-18-16-14-12-10-8-6-4-2/h6,8,12,14,18,43,61,64H,3-5,7,9-11,13,15-17,19-42,44-60H2,1-2H3/b8-6-,14-12-,43-18-. The minimum Gasteiger partial charge on any atom is -0.462 e. The molecule has 0 radical (unpaired) electrons. The van der Waals surface area contributed by atoms with E-state index in [2.05, 4.69) is 50.3 Å². The van der Waals surface area contributed by atoms with Crippen LogP contribution >= 0.6 is 0 Å². The Morgan fingerprint density at radius 1 is 0.353 bits per heavy atom. The highest BCUT2D eigenvalue weighted by Crippen LogP contribution is 2.18. The van der Waals surface area contributed by atoms with Crippen LogP contribution < -0.4 is 0 Å². The fourth-order valence-corrected chi connectivity index (χ4v) is 9.40. The van der Waals surface area contributed by atoms with Crippen LogP contribution in [0, 0.1) is 0 Å². The molecule has 400 valence electrons. The van der Waals surface area contributed by atoms with Gasteiger partial charge in [-0.15, -0.1) is 0 Å². The van der Waals surface area contributed by atoms with Gasteiger partial charge in [0.2, 0.25) is 0 Å². The summed E-state index contributed by atoms with van der Waals surface area (Å²) in [5.41, 5.74) is 0. The summed E-state index contributed by atoms with van der Waals surface area (Å²) in [5, 5.41) is 9.63. The third-order valence-electron chi connectivity index (χ3n) is 13.9. The van der Waals surface area contributed by atoms with Crippen molar-refractivity contribution in [3.63, 3.8) is 0 Å². The van der Waals surface area contributed by atoms with Gasteiger partial charge in [-0.05, 0) is 44.9 Å². The maximum atomic E-state index is 12.2. The van der Waals surface area contributed by atoms with Gasteiger partial charge in [0.1, 0.15) is 6.61 Å². The predicted octanol–water partition coefficient (Wildman–Crippen LogP) is 20.6. The van der Waals surface area contributed by atoms with E-state index in [0.717, 1.165) is 70.6 Å². The zero-order valence-electron chi connectivity index (χ0n) is 45.9. The second kappa shape index (κ2) is 59.4. The number of aliphatic hydroxyl groups is 1. The topological polar surface area (TPSA) is 72.8 Å². The van der Waals surface area contributed by atoms with Crippen molar-refractivity contribution in [2.24, 2.45) is 0 Å². The molecule has 0 saturated heterocycles. The minimum atomic E-state index is -0.779. The van der Waals surface area contributed by atoms with Crippen LogP contribution in [0.3, 0.4) is 0 Å². The second-order valence-electron chi connectivity index (χ2n) is 20.8. The highest BCUT2D eigenvalue weighted by Gasteiger charge is 2.16. The summed E-state index contributed by atoms with van der Waals surface area (Å²) >= 11 is 0. The number of carbonyl (C=O) groups is 2. The molecule has 0 saturated carbocycles. The number of carbonyl (C=O) groups excluding carboxylic acids is 2. The summed E-state index contributed by atoms with van der Waals surface area (Å²) in [7, 11) is 0. The van der Waals surface area contributed by atoms with Gasteiger partial charge >= 0.3 is 11.9 Å². The van der Waals surface area contributed by atoms with E-state index in [0.29, 0.717) is 12.8 Å². The maximum Gasteiger partial charge on any atom is 0.306 e. The lowest BCUT2D eigenvalue weighted by atomic mass is 10.0. The van der Waals surface area contributed by atoms with Crippen molar-refractivity contribution >= 4 is 11.9 Å². The van der Waals surface area contributed by atoms with Gasteiger partial charge in [0.25, 0.3) is 0 Å². The first-order valence-electron chi connectivity index (χ1n) is 30.5. The van der Waals surface area contributed by atoms with E-state index in [-0.39, 0.29) is 25.2 Å². The molecule has 5 heteroatoms. The second-order valence-corrected chi connectivity index (χ2v) is 20.8. The lowest BCUT2D eigenvalue weighted by Crippen LogP contribution is -2.28. The molecule has 1 atom stereocenters. The quantitative estimate of drug-likeness (QED) is 0.0374. The summed E-state index contributed by atoms with van der Waals surface area (Å²) in [4.78, 5) is 24.5. The van der Waals surface area contributed by atoms with Crippen LogP contribution in [0.5, 0.6) is 0 Å². The molecular formula is C63H118O5. The number of allylic oxidation sites excluding steroid dienone is 6. The van der Waals surface area contributed by atoms with Gasteiger partial charge < -0.3 is 14.6 Å². The van der Waals surface area contributed by atoms with Crippen LogP contribution in [0.2, 0.25) is 0 Å². The number of ether oxygens (including phenoxy) is 2. The number of esters is 2. The third-order valence-corrected chi connectivity index (χ3v) is 13.9. The normalized spacial score (nSPS) is 12.3. The predicted molar refractivity (Wildman–Crippen MR) is 298 cm³/mol. The highest BCUT2D eigenvalue weighted by atomic mass is 16.6. The molecule has 0 aromatic carbocycles. The van der Waals surface area contributed by atoms with Gasteiger partial charge in [-0.3, -0.25) is 9.59 Å². The lowest BCUT2D eigenvalue weighted by Gasteiger charge is -2.15. The largest absolute Gasteiger partial charge is 0.462 e. The number of unbranched alkanes of at least 4 members (excludes halogenated alkanes) is 43. The summed E-state index contributed by atoms with van der Waals surface area (Å²) in [6, 6.07) is 0. The maximum absolute atomic E-state index is 12.2. The molecule has 0 rings (SSSR count). The molecule has 0 heterocycles. The van der Waals surface area contributed by atoms with Gasteiger partial charge in [-0.2, -0.15) is 0 Å². The molecule has 0 aromatic heterocycles. The minimum absolute atomic E-state index is 0.0694. The number of aliphatic hydroxyl groups excluding tert-OH is 1. The van der Waals surface area contributed by atoms with Crippen LogP contribution in [0.1, 0.15) is 335 Å². The number of rotatable bonds is 57. The van der Waals surface area contributed by atoms with Crippen molar-refractivity contribution in [3.8, 4) is 0 Å². The smallest absolute Gasteiger partial charge is 0.306 e. The molecule has 5 nitrogen and oxygen atoms in total. The molecular weight excluding hydrogens is 837 g/mol. The van der Waals surface area contributed by atoms with E-state index in [1.807, 2.05) is 0 Å². The monoisotopic (exact) mass is 955 g/mol.